The lowest BCUT2D eigenvalue weighted by molar-refractivity contribution is -0.117. The number of carbonyl (C=O) groups is 1. The van der Waals surface area contributed by atoms with Crippen LogP contribution in [0.25, 0.3) is 0 Å². The van der Waals surface area contributed by atoms with Gasteiger partial charge in [-0.05, 0) is 19.8 Å². The van der Waals surface area contributed by atoms with Gasteiger partial charge in [-0.15, -0.1) is 0 Å². The van der Waals surface area contributed by atoms with Crippen molar-refractivity contribution in [3.8, 4) is 0 Å². The van der Waals surface area contributed by atoms with Crippen LogP contribution >= 0.6 is 23.8 Å². The van der Waals surface area contributed by atoms with Crippen molar-refractivity contribution in [3.05, 3.63) is 0 Å². The first-order valence-electron chi connectivity index (χ1n) is 2.80. The fourth-order valence-electron chi connectivity index (χ4n) is 0.476. The Bertz CT molecular complexity index is 108. The summed E-state index contributed by atoms with van der Waals surface area (Å²) in [5.41, 5.74) is 0. The summed E-state index contributed by atoms with van der Waals surface area (Å²) < 4.78 is 0.469. The molecule has 0 aliphatic carbocycles. The molecule has 9 heavy (non-hydrogen) atoms. The van der Waals surface area contributed by atoms with Gasteiger partial charge >= 0.3 is 0 Å². The maximum absolute atomic E-state index is 10.3. The lowest BCUT2D eigenvalue weighted by Crippen LogP contribution is -1.90. The fourth-order valence-corrected chi connectivity index (χ4v) is 0.754. The Morgan fingerprint density at radius 2 is 2.11 bits per heavy atom. The molecule has 0 fully saturated rings. The van der Waals surface area contributed by atoms with Crippen LogP contribution in [0.2, 0.25) is 0 Å². The molecule has 52 valence electrons. The Morgan fingerprint density at radius 3 is 2.44 bits per heavy atom. The van der Waals surface area contributed by atoms with E-state index in [2.05, 4.69) is 12.2 Å². The summed E-state index contributed by atoms with van der Waals surface area (Å²) in [6.07, 6.45) is 2.06. The van der Waals surface area contributed by atoms with Gasteiger partial charge in [0.1, 0.15) is 5.78 Å². The Balaban J connectivity index is 3.10. The van der Waals surface area contributed by atoms with E-state index in [1.807, 2.05) is 0 Å². The zero-order valence-electron chi connectivity index (χ0n) is 5.32. The van der Waals surface area contributed by atoms with E-state index in [4.69, 9.17) is 11.6 Å². The third kappa shape index (κ3) is 8.05. The van der Waals surface area contributed by atoms with Gasteiger partial charge in [-0.1, -0.05) is 23.8 Å². The number of hydrogen-bond acceptors (Lipinski definition) is 2. The highest BCUT2D eigenvalue weighted by atomic mass is 35.5. The molecule has 0 saturated carbocycles. The predicted molar refractivity (Wildman–Crippen MR) is 43.0 cm³/mol. The smallest absolute Gasteiger partial charge is 0.129 e. The van der Waals surface area contributed by atoms with Crippen LogP contribution in [-0.2, 0) is 4.79 Å². The Kier molecular flexibility index (Phi) is 4.91. The van der Waals surface area contributed by atoms with Crippen LogP contribution in [0.15, 0.2) is 0 Å². The molecule has 0 aromatic heterocycles. The first-order chi connectivity index (χ1) is 4.13. The summed E-state index contributed by atoms with van der Waals surface area (Å²) >= 11 is 9.98. The van der Waals surface area contributed by atoms with Crippen molar-refractivity contribution in [3.63, 3.8) is 0 Å². The summed E-state index contributed by atoms with van der Waals surface area (Å²) in [6, 6.07) is 0. The average Bonchev–Trinajstić information content (AvgIpc) is 1.63. The van der Waals surface area contributed by atoms with E-state index in [-0.39, 0.29) is 5.78 Å². The Labute approximate surface area is 65.4 Å². The quantitative estimate of drug-likeness (QED) is 0.469. The van der Waals surface area contributed by atoms with Crippen molar-refractivity contribution in [2.24, 2.45) is 0 Å². The molecule has 0 N–H and O–H groups in total. The standard InChI is InChI=1S/C6H9ClOS/c1-5(8)3-2-4-6(7)9/h2-4H2,1H3. The van der Waals surface area contributed by atoms with Gasteiger partial charge in [0.25, 0.3) is 0 Å². The number of ketones is 1. The number of thiocarbonyl (C=S) groups is 1. The molecule has 0 saturated heterocycles. The molecule has 0 aliphatic rings. The first-order valence-corrected chi connectivity index (χ1v) is 3.59. The zero-order chi connectivity index (χ0) is 7.28. The van der Waals surface area contributed by atoms with E-state index in [9.17, 15) is 4.79 Å². The second kappa shape index (κ2) is 4.89. The number of rotatable bonds is 4. The van der Waals surface area contributed by atoms with Crippen LogP contribution < -0.4 is 0 Å². The van der Waals surface area contributed by atoms with Gasteiger partial charge in [0.05, 0.1) is 4.32 Å². The highest BCUT2D eigenvalue weighted by molar-refractivity contribution is 7.83. The minimum Gasteiger partial charge on any atom is -0.300 e. The molecule has 0 bridgehead atoms. The van der Waals surface area contributed by atoms with E-state index < -0.39 is 0 Å². The van der Waals surface area contributed by atoms with E-state index in [0.717, 1.165) is 6.42 Å². The largest absolute Gasteiger partial charge is 0.300 e. The second-order valence-electron chi connectivity index (χ2n) is 1.91. The van der Waals surface area contributed by atoms with E-state index in [0.29, 0.717) is 17.2 Å². The lowest BCUT2D eigenvalue weighted by Gasteiger charge is -1.91. The molecule has 0 atom stereocenters. The van der Waals surface area contributed by atoms with Gasteiger partial charge in [-0.3, -0.25) is 0 Å². The Morgan fingerprint density at radius 1 is 1.56 bits per heavy atom. The van der Waals surface area contributed by atoms with Crippen LogP contribution in [0.1, 0.15) is 26.2 Å². The first kappa shape index (κ1) is 9.05. The third-order valence-corrected chi connectivity index (χ3v) is 1.30. The number of carbonyl (C=O) groups excluding carboxylic acids is 1. The maximum Gasteiger partial charge on any atom is 0.129 e. The third-order valence-electron chi connectivity index (χ3n) is 0.902. The minimum atomic E-state index is 0.197. The molecule has 0 rings (SSSR count). The Hall–Kier alpha value is 0.0500. The van der Waals surface area contributed by atoms with Gasteiger partial charge in [0, 0.05) is 6.42 Å². The molecular formula is C6H9ClOS. The van der Waals surface area contributed by atoms with Gasteiger partial charge in [-0.25, -0.2) is 0 Å². The summed E-state index contributed by atoms with van der Waals surface area (Å²) in [5.74, 6) is 0.197. The van der Waals surface area contributed by atoms with Crippen molar-refractivity contribution in [1.29, 1.82) is 0 Å². The highest BCUT2D eigenvalue weighted by Gasteiger charge is 1.94. The van der Waals surface area contributed by atoms with Gasteiger partial charge < -0.3 is 4.79 Å². The van der Waals surface area contributed by atoms with Crippen LogP contribution in [0, 0.1) is 0 Å². The SMILES string of the molecule is CC(=O)CCCC(=S)Cl. The number of hydrogen-bond donors (Lipinski definition) is 0. The zero-order valence-corrected chi connectivity index (χ0v) is 6.89. The fraction of sp³-hybridized carbons (Fsp3) is 0.667. The topological polar surface area (TPSA) is 17.1 Å². The molecule has 1 nitrogen and oxygen atoms in total. The van der Waals surface area contributed by atoms with Crippen LogP contribution in [-0.4, -0.2) is 10.1 Å². The second-order valence-corrected chi connectivity index (χ2v) is 3.08. The van der Waals surface area contributed by atoms with E-state index >= 15 is 0 Å². The lowest BCUT2D eigenvalue weighted by atomic mass is 10.2. The van der Waals surface area contributed by atoms with Gasteiger partial charge in [-0.2, -0.15) is 0 Å². The van der Waals surface area contributed by atoms with Crippen molar-refractivity contribution < 1.29 is 4.79 Å². The molecular weight excluding hydrogens is 156 g/mol. The van der Waals surface area contributed by atoms with Gasteiger partial charge in [0.2, 0.25) is 0 Å². The molecule has 0 aromatic rings. The molecule has 3 heteroatoms. The monoisotopic (exact) mass is 164 g/mol. The maximum atomic E-state index is 10.3. The number of Topliss-reactive ketones (excluding diaryl/α,β-unsaturated/α-hetero) is 1. The summed E-state index contributed by atoms with van der Waals surface area (Å²) in [6.45, 7) is 1.57. The highest BCUT2D eigenvalue weighted by Crippen LogP contribution is 2.00. The summed E-state index contributed by atoms with van der Waals surface area (Å²) in [5, 5.41) is 0. The molecule has 0 spiro atoms. The molecule has 0 heterocycles. The molecule has 0 aliphatic heterocycles. The number of halogens is 1. The van der Waals surface area contributed by atoms with E-state index in [1.165, 1.54) is 0 Å². The molecule has 0 radical (unpaired) electrons. The van der Waals surface area contributed by atoms with Crippen molar-refractivity contribution >= 4 is 33.9 Å². The van der Waals surface area contributed by atoms with Gasteiger partial charge in [0.15, 0.2) is 0 Å². The van der Waals surface area contributed by atoms with Crippen LogP contribution in [0.4, 0.5) is 0 Å². The summed E-state index contributed by atoms with van der Waals surface area (Å²) in [4.78, 5) is 10.3. The molecule has 0 aromatic carbocycles. The van der Waals surface area contributed by atoms with Crippen molar-refractivity contribution in [1.82, 2.24) is 0 Å². The molecule has 0 amide bonds. The normalized spacial score (nSPS) is 9.11. The van der Waals surface area contributed by atoms with E-state index in [1.54, 1.807) is 6.92 Å². The van der Waals surface area contributed by atoms with Crippen LogP contribution in [0.3, 0.4) is 0 Å². The average molecular weight is 165 g/mol. The molecule has 0 unspecified atom stereocenters. The minimum absolute atomic E-state index is 0.197. The van der Waals surface area contributed by atoms with Crippen LogP contribution in [0.5, 0.6) is 0 Å². The van der Waals surface area contributed by atoms with Crippen molar-refractivity contribution in [2.75, 3.05) is 0 Å². The summed E-state index contributed by atoms with van der Waals surface area (Å²) in [7, 11) is 0. The predicted octanol–water partition coefficient (Wildman–Crippen LogP) is 2.31. The van der Waals surface area contributed by atoms with Crippen molar-refractivity contribution in [2.45, 2.75) is 26.2 Å².